The van der Waals surface area contributed by atoms with Gasteiger partial charge in [-0.25, -0.2) is 19.2 Å². The molecule has 2 aromatic rings. The van der Waals surface area contributed by atoms with Crippen molar-refractivity contribution in [2.75, 3.05) is 26.4 Å². The molecule has 0 fully saturated rings. The third-order valence-corrected chi connectivity index (χ3v) is 7.48. The normalized spacial score (nSPS) is 10.4. The summed E-state index contributed by atoms with van der Waals surface area (Å²) in [4.78, 5) is 52.3. The van der Waals surface area contributed by atoms with Crippen molar-refractivity contribution in [3.05, 3.63) is 120 Å². The smallest absolute Gasteiger partial charge is 0.338 e. The van der Waals surface area contributed by atoms with Crippen LogP contribution in [0.2, 0.25) is 0 Å². The van der Waals surface area contributed by atoms with Crippen molar-refractivity contribution in [3.63, 3.8) is 0 Å². The highest BCUT2D eigenvalue weighted by molar-refractivity contribution is 5.97. The topological polar surface area (TPSA) is 105 Å². The van der Waals surface area contributed by atoms with Crippen molar-refractivity contribution in [2.45, 2.75) is 83.5 Å². The first kappa shape index (κ1) is 40.5. The summed E-state index contributed by atoms with van der Waals surface area (Å²) in [6.45, 7) is 15.8. The first-order chi connectivity index (χ1) is 23.8. The molecule has 0 amide bonds. The summed E-state index contributed by atoms with van der Waals surface area (Å²) in [6, 6.07) is 9.53. The second-order valence-electron chi connectivity index (χ2n) is 11.7. The fraction of sp³-hybridized carbons (Fsp3) is 0.415. The van der Waals surface area contributed by atoms with E-state index in [9.17, 15) is 19.2 Å². The predicted octanol–water partition coefficient (Wildman–Crippen LogP) is 9.33. The van der Waals surface area contributed by atoms with Gasteiger partial charge in [0.15, 0.2) is 0 Å². The quantitative estimate of drug-likeness (QED) is 0.0421. The van der Waals surface area contributed by atoms with Gasteiger partial charge in [-0.3, -0.25) is 0 Å². The molecule has 8 heteroatoms. The average molecular weight is 673 g/mol. The number of carbonyl (C=O) groups is 4. The van der Waals surface area contributed by atoms with Crippen LogP contribution in [0.4, 0.5) is 0 Å². The fourth-order valence-electron chi connectivity index (χ4n) is 4.85. The minimum Gasteiger partial charge on any atom is -0.462 e. The molecule has 264 valence electrons. The molecule has 8 nitrogen and oxygen atoms in total. The Morgan fingerprint density at radius 1 is 0.408 bits per heavy atom. The highest BCUT2D eigenvalue weighted by atomic mass is 16.5. The molecule has 0 N–H and O–H groups in total. The monoisotopic (exact) mass is 672 g/mol. The maximum absolute atomic E-state index is 13.1. The SMILES string of the molecule is C=CCCCCOC(=O)c1cc(Cc2cc(C(=O)OCCCCC=C)cc(C(=O)OCCCCC=C)c2)cc(C(=O)OCCCCC=C)c1. The van der Waals surface area contributed by atoms with Crippen LogP contribution in [0.3, 0.4) is 0 Å². The third-order valence-electron chi connectivity index (χ3n) is 7.48. The Labute approximate surface area is 291 Å². The van der Waals surface area contributed by atoms with Crippen molar-refractivity contribution in [1.82, 2.24) is 0 Å². The van der Waals surface area contributed by atoms with Gasteiger partial charge in [0.05, 0.1) is 48.7 Å². The standard InChI is InChI=1S/C41H52O8/c1-5-9-13-17-21-46-38(42)34-26-32(27-35(30-34)39(43)47-22-18-14-10-6-2)25-33-28-36(40(44)48-23-19-15-11-7-3)31-37(29-33)41(45)49-24-20-16-12-8-4/h5-8,26-31H,1-4,9-25H2. The lowest BCUT2D eigenvalue weighted by atomic mass is 9.97. The van der Waals surface area contributed by atoms with Crippen LogP contribution in [0, 0.1) is 0 Å². The van der Waals surface area contributed by atoms with Gasteiger partial charge >= 0.3 is 23.9 Å². The van der Waals surface area contributed by atoms with E-state index in [1.54, 1.807) is 24.3 Å². The first-order valence-corrected chi connectivity index (χ1v) is 17.2. The molecular weight excluding hydrogens is 620 g/mol. The van der Waals surface area contributed by atoms with Crippen molar-refractivity contribution in [1.29, 1.82) is 0 Å². The van der Waals surface area contributed by atoms with Gasteiger partial charge in [0, 0.05) is 0 Å². The van der Waals surface area contributed by atoms with Gasteiger partial charge in [-0.1, -0.05) is 24.3 Å². The van der Waals surface area contributed by atoms with Gasteiger partial charge < -0.3 is 18.9 Å². The largest absolute Gasteiger partial charge is 0.462 e. The van der Waals surface area contributed by atoms with Crippen molar-refractivity contribution < 1.29 is 38.1 Å². The molecule has 0 aliphatic rings. The summed E-state index contributed by atoms with van der Waals surface area (Å²) in [7, 11) is 0. The molecule has 0 atom stereocenters. The molecular formula is C41H52O8. The summed E-state index contributed by atoms with van der Waals surface area (Å²) in [6.07, 6.45) is 16.8. The van der Waals surface area contributed by atoms with E-state index in [0.29, 0.717) is 36.8 Å². The van der Waals surface area contributed by atoms with Crippen molar-refractivity contribution in [2.24, 2.45) is 0 Å². The molecule has 0 aliphatic heterocycles. The highest BCUT2D eigenvalue weighted by Crippen LogP contribution is 2.21. The lowest BCUT2D eigenvalue weighted by molar-refractivity contribution is 0.0479. The molecule has 0 bridgehead atoms. The van der Waals surface area contributed by atoms with E-state index in [0.717, 1.165) is 51.4 Å². The molecule has 0 unspecified atom stereocenters. The summed E-state index contributed by atoms with van der Waals surface area (Å²) in [5.41, 5.74) is 2.00. The minimum atomic E-state index is -0.560. The molecule has 0 saturated heterocycles. The fourth-order valence-corrected chi connectivity index (χ4v) is 4.85. The van der Waals surface area contributed by atoms with Crippen LogP contribution in [0.5, 0.6) is 0 Å². The minimum absolute atomic E-state index is 0.195. The molecule has 0 aromatic heterocycles. The highest BCUT2D eigenvalue weighted by Gasteiger charge is 2.19. The van der Waals surface area contributed by atoms with Crippen LogP contribution in [-0.2, 0) is 25.4 Å². The molecule has 0 spiro atoms. The Bertz CT molecular complexity index is 1200. The Morgan fingerprint density at radius 3 is 0.878 bits per heavy atom. The maximum Gasteiger partial charge on any atom is 0.338 e. The number of carbonyl (C=O) groups excluding carboxylic acids is 4. The van der Waals surface area contributed by atoms with Gasteiger partial charge in [0.25, 0.3) is 0 Å². The summed E-state index contributed by atoms with van der Waals surface area (Å²) in [5.74, 6) is -2.24. The van der Waals surface area contributed by atoms with Crippen LogP contribution >= 0.6 is 0 Å². The second kappa shape index (κ2) is 24.4. The van der Waals surface area contributed by atoms with E-state index in [1.165, 1.54) is 12.1 Å². The van der Waals surface area contributed by atoms with Gasteiger partial charge in [-0.05, 0) is 131 Å². The number of ether oxygens (including phenoxy) is 4. The number of hydrogen-bond acceptors (Lipinski definition) is 8. The summed E-state index contributed by atoms with van der Waals surface area (Å²) >= 11 is 0. The van der Waals surface area contributed by atoms with E-state index >= 15 is 0 Å². The number of rotatable bonds is 26. The number of benzene rings is 2. The molecule has 0 heterocycles. The number of unbranched alkanes of at least 4 members (excludes halogenated alkanes) is 8. The van der Waals surface area contributed by atoms with Crippen LogP contribution < -0.4 is 0 Å². The zero-order valence-electron chi connectivity index (χ0n) is 28.9. The first-order valence-electron chi connectivity index (χ1n) is 17.2. The van der Waals surface area contributed by atoms with Crippen molar-refractivity contribution >= 4 is 23.9 Å². The van der Waals surface area contributed by atoms with Crippen LogP contribution in [0.1, 0.15) is 130 Å². The lowest BCUT2D eigenvalue weighted by Crippen LogP contribution is -2.13. The van der Waals surface area contributed by atoms with Crippen LogP contribution in [-0.4, -0.2) is 50.3 Å². The average Bonchev–Trinajstić information content (AvgIpc) is 3.10. The Hall–Kier alpha value is -4.72. The van der Waals surface area contributed by atoms with Gasteiger partial charge in [0.1, 0.15) is 0 Å². The Balaban J connectivity index is 2.38. The number of allylic oxidation sites excluding steroid dienone is 4. The second-order valence-corrected chi connectivity index (χ2v) is 11.7. The van der Waals surface area contributed by atoms with Gasteiger partial charge in [-0.2, -0.15) is 0 Å². The Morgan fingerprint density at radius 2 is 0.653 bits per heavy atom. The predicted molar refractivity (Wildman–Crippen MR) is 193 cm³/mol. The van der Waals surface area contributed by atoms with E-state index in [-0.39, 0.29) is 55.1 Å². The zero-order valence-corrected chi connectivity index (χ0v) is 28.9. The summed E-state index contributed by atoms with van der Waals surface area (Å²) < 4.78 is 22.0. The van der Waals surface area contributed by atoms with Crippen LogP contribution in [0.15, 0.2) is 87.0 Å². The summed E-state index contributed by atoms with van der Waals surface area (Å²) in [5, 5.41) is 0. The molecule has 0 aliphatic carbocycles. The molecule has 2 aromatic carbocycles. The van der Waals surface area contributed by atoms with E-state index in [2.05, 4.69) is 26.3 Å². The third kappa shape index (κ3) is 16.3. The van der Waals surface area contributed by atoms with Crippen LogP contribution in [0.25, 0.3) is 0 Å². The van der Waals surface area contributed by atoms with Gasteiger partial charge in [-0.15, -0.1) is 26.3 Å². The van der Waals surface area contributed by atoms with E-state index in [1.807, 2.05) is 24.3 Å². The maximum atomic E-state index is 13.1. The molecule has 2 rings (SSSR count). The number of esters is 4. The van der Waals surface area contributed by atoms with Gasteiger partial charge in [0.2, 0.25) is 0 Å². The zero-order chi connectivity index (χ0) is 35.7. The van der Waals surface area contributed by atoms with E-state index in [4.69, 9.17) is 18.9 Å². The van der Waals surface area contributed by atoms with E-state index < -0.39 is 23.9 Å². The van der Waals surface area contributed by atoms with Crippen molar-refractivity contribution in [3.8, 4) is 0 Å². The molecule has 0 radical (unpaired) electrons. The number of hydrogen-bond donors (Lipinski definition) is 0. The lowest BCUT2D eigenvalue weighted by Gasteiger charge is -2.13. The molecule has 49 heavy (non-hydrogen) atoms. The Kier molecular flexibility index (Phi) is 20.2. The molecule has 0 saturated carbocycles.